The van der Waals surface area contributed by atoms with Crippen LogP contribution in [0.4, 0.5) is 29.6 Å². The molecule has 0 bridgehead atoms. The lowest BCUT2D eigenvalue weighted by molar-refractivity contribution is -0.138. The van der Waals surface area contributed by atoms with E-state index in [4.69, 9.17) is 10.00 Å². The Balaban J connectivity index is 1.50. The molecule has 0 radical (unpaired) electrons. The predicted octanol–water partition coefficient (Wildman–Crippen LogP) is 2.55. The maximum Gasteiger partial charge on any atom is 0.423 e. The molecule has 1 atom stereocenters. The summed E-state index contributed by atoms with van der Waals surface area (Å²) in [5, 5.41) is 16.8. The summed E-state index contributed by atoms with van der Waals surface area (Å²) in [6.07, 6.45) is 2.71. The van der Waals surface area contributed by atoms with Crippen LogP contribution in [-0.2, 0) is 10.9 Å². The van der Waals surface area contributed by atoms with Gasteiger partial charge in [-0.2, -0.15) is 23.5 Å². The number of rotatable bonds is 8. The molecule has 0 aliphatic carbocycles. The maximum atomic E-state index is 13.3. The second-order valence-corrected chi connectivity index (χ2v) is 7.89. The summed E-state index contributed by atoms with van der Waals surface area (Å²) in [6, 6.07) is 1.42. The average Bonchev–Trinajstić information content (AvgIpc) is 2.86. The van der Waals surface area contributed by atoms with Crippen LogP contribution in [0.2, 0.25) is 0 Å². The second kappa shape index (κ2) is 12.0. The van der Waals surface area contributed by atoms with Gasteiger partial charge in [0.1, 0.15) is 18.2 Å². The van der Waals surface area contributed by atoms with E-state index in [9.17, 15) is 22.8 Å². The van der Waals surface area contributed by atoms with E-state index < -0.39 is 35.1 Å². The quantitative estimate of drug-likeness (QED) is 0.517. The Labute approximate surface area is 204 Å². The van der Waals surface area contributed by atoms with Gasteiger partial charge in [0, 0.05) is 32.2 Å². The third kappa shape index (κ3) is 6.94. The lowest BCUT2D eigenvalue weighted by Crippen LogP contribution is -2.49. The lowest BCUT2D eigenvalue weighted by Gasteiger charge is -2.33. The van der Waals surface area contributed by atoms with E-state index in [0.717, 1.165) is 6.20 Å². The van der Waals surface area contributed by atoms with Crippen LogP contribution in [0.15, 0.2) is 35.5 Å². The number of aromatic nitrogens is 4. The van der Waals surface area contributed by atoms with Crippen molar-refractivity contribution in [3.8, 4) is 6.07 Å². The van der Waals surface area contributed by atoms with Crippen LogP contribution in [-0.4, -0.2) is 70.0 Å². The van der Waals surface area contributed by atoms with Crippen molar-refractivity contribution in [2.75, 3.05) is 43.0 Å². The van der Waals surface area contributed by atoms with E-state index in [-0.39, 0.29) is 6.61 Å². The van der Waals surface area contributed by atoms with Gasteiger partial charge in [-0.1, -0.05) is 19.4 Å². The van der Waals surface area contributed by atoms with Crippen LogP contribution in [0.3, 0.4) is 0 Å². The Kier molecular flexibility index (Phi) is 8.82. The first-order chi connectivity index (χ1) is 17.2. The molecule has 0 aromatic carbocycles. The summed E-state index contributed by atoms with van der Waals surface area (Å²) < 4.78 is 45.1. The minimum atomic E-state index is -4.84. The smallest absolute Gasteiger partial charge is 0.423 e. The topological polar surface area (TPSA) is 140 Å². The largest absolute Gasteiger partial charge is 0.445 e. The van der Waals surface area contributed by atoms with Crippen LogP contribution >= 0.6 is 0 Å². The van der Waals surface area contributed by atoms with Crippen molar-refractivity contribution >= 4 is 17.7 Å². The van der Waals surface area contributed by atoms with Crippen LogP contribution in [0.5, 0.6) is 0 Å². The van der Waals surface area contributed by atoms with E-state index in [2.05, 4.69) is 20.4 Å². The highest BCUT2D eigenvalue weighted by Gasteiger charge is 2.37. The zero-order chi connectivity index (χ0) is 26.1. The Hall–Kier alpha value is -4.15. The maximum absolute atomic E-state index is 13.3. The third-order valence-corrected chi connectivity index (χ3v) is 5.34. The fraction of sp³-hybridized carbons (Fsp3) is 0.455. The molecular formula is C22H25F3N8O3. The molecule has 3 rings (SSSR count). The molecule has 1 fully saturated rings. The average molecular weight is 506 g/mol. The number of halogens is 3. The SMILES string of the molecule is CCCC(/C=C/COC(=O)N1CCN(c2ncc(C#N)cn2)CC1)Nc1cn[nH]c(=O)c1C(F)(F)F. The highest BCUT2D eigenvalue weighted by atomic mass is 19.4. The molecule has 2 N–H and O–H groups in total. The third-order valence-electron chi connectivity index (χ3n) is 5.34. The Morgan fingerprint density at radius 2 is 1.97 bits per heavy atom. The first kappa shape index (κ1) is 26.5. The standard InChI is InChI=1S/C22H25F3N8O3/c1-2-4-16(30-17-14-29-31-19(34)18(17)22(23,24)25)5-3-10-36-21(35)33-8-6-32(7-9-33)20-27-12-15(11-26)13-28-20/h3,5,12-14,16H,2,4,6-10H2,1H3,(H2,30,31,34)/b5-3+. The lowest BCUT2D eigenvalue weighted by atomic mass is 10.1. The van der Waals surface area contributed by atoms with E-state index in [0.29, 0.717) is 50.5 Å². The molecule has 1 aliphatic rings. The number of nitrogens with zero attached hydrogens (tertiary/aromatic N) is 6. The number of aromatic amines is 1. The molecule has 3 heterocycles. The molecule has 192 valence electrons. The highest BCUT2D eigenvalue weighted by Crippen LogP contribution is 2.31. The van der Waals surface area contributed by atoms with Crippen LogP contribution in [0.25, 0.3) is 0 Å². The van der Waals surface area contributed by atoms with Gasteiger partial charge in [-0.05, 0) is 12.5 Å². The summed E-state index contributed by atoms with van der Waals surface area (Å²) in [5.41, 5.74) is -2.73. The molecule has 2 aromatic rings. The number of nitriles is 1. The number of anilines is 2. The minimum absolute atomic E-state index is 0.0700. The van der Waals surface area contributed by atoms with E-state index >= 15 is 0 Å². The van der Waals surface area contributed by atoms with Crippen molar-refractivity contribution in [1.29, 1.82) is 5.26 Å². The van der Waals surface area contributed by atoms with Crippen molar-refractivity contribution in [2.45, 2.75) is 32.0 Å². The molecule has 36 heavy (non-hydrogen) atoms. The Morgan fingerprint density at radius 3 is 2.58 bits per heavy atom. The van der Waals surface area contributed by atoms with Crippen molar-refractivity contribution < 1.29 is 22.7 Å². The summed E-state index contributed by atoms with van der Waals surface area (Å²) in [5.74, 6) is 0.476. The van der Waals surface area contributed by atoms with E-state index in [1.54, 1.807) is 17.3 Å². The highest BCUT2D eigenvalue weighted by molar-refractivity contribution is 5.68. The van der Waals surface area contributed by atoms with E-state index in [1.807, 2.05) is 17.9 Å². The fourth-order valence-electron chi connectivity index (χ4n) is 3.58. The molecule has 0 saturated carbocycles. The number of alkyl halides is 3. The zero-order valence-electron chi connectivity index (χ0n) is 19.5. The van der Waals surface area contributed by atoms with Crippen LogP contribution < -0.4 is 15.8 Å². The summed E-state index contributed by atoms with van der Waals surface area (Å²) in [7, 11) is 0. The van der Waals surface area contributed by atoms with Crippen LogP contribution in [0.1, 0.15) is 30.9 Å². The van der Waals surface area contributed by atoms with E-state index in [1.165, 1.54) is 17.3 Å². The second-order valence-electron chi connectivity index (χ2n) is 7.89. The Bertz CT molecular complexity index is 1150. The van der Waals surface area contributed by atoms with Gasteiger partial charge in [0.25, 0.3) is 5.56 Å². The van der Waals surface area contributed by atoms with Crippen molar-refractivity contribution in [3.05, 3.63) is 52.2 Å². The van der Waals surface area contributed by atoms with Gasteiger partial charge >= 0.3 is 12.3 Å². The Morgan fingerprint density at radius 1 is 1.28 bits per heavy atom. The number of hydrogen-bond acceptors (Lipinski definition) is 9. The molecule has 14 heteroatoms. The molecule has 1 saturated heterocycles. The van der Waals surface area contributed by atoms with Gasteiger partial charge < -0.3 is 19.9 Å². The number of ether oxygens (including phenoxy) is 1. The monoisotopic (exact) mass is 506 g/mol. The summed E-state index contributed by atoms with van der Waals surface area (Å²) in [4.78, 5) is 35.8. The number of H-pyrrole nitrogens is 1. The molecule has 1 amide bonds. The van der Waals surface area contributed by atoms with Gasteiger partial charge in [0.05, 0.1) is 29.8 Å². The van der Waals surface area contributed by atoms with Crippen molar-refractivity contribution in [2.24, 2.45) is 0 Å². The fourth-order valence-corrected chi connectivity index (χ4v) is 3.58. The molecule has 11 nitrogen and oxygen atoms in total. The number of hydrogen-bond donors (Lipinski definition) is 2. The normalized spacial score (nSPS) is 15.0. The number of amides is 1. The molecule has 0 spiro atoms. The summed E-state index contributed by atoms with van der Waals surface area (Å²) >= 11 is 0. The van der Waals surface area contributed by atoms with Crippen LogP contribution in [0, 0.1) is 11.3 Å². The van der Waals surface area contributed by atoms with Crippen molar-refractivity contribution in [3.63, 3.8) is 0 Å². The summed E-state index contributed by atoms with van der Waals surface area (Å²) in [6.45, 7) is 3.56. The molecular weight excluding hydrogens is 481 g/mol. The molecule has 2 aromatic heterocycles. The van der Waals surface area contributed by atoms with Crippen molar-refractivity contribution in [1.82, 2.24) is 25.1 Å². The predicted molar refractivity (Wildman–Crippen MR) is 123 cm³/mol. The first-order valence-electron chi connectivity index (χ1n) is 11.2. The minimum Gasteiger partial charge on any atom is -0.445 e. The zero-order valence-corrected chi connectivity index (χ0v) is 19.5. The number of carbonyl (C=O) groups excluding carboxylic acids is 1. The number of nitrogens with one attached hydrogen (secondary N) is 2. The van der Waals surface area contributed by atoms with Gasteiger partial charge in [-0.15, -0.1) is 0 Å². The van der Waals surface area contributed by atoms with Gasteiger partial charge in [0.15, 0.2) is 0 Å². The molecule has 1 aliphatic heterocycles. The van der Waals surface area contributed by atoms with Gasteiger partial charge in [0.2, 0.25) is 5.95 Å². The van der Waals surface area contributed by atoms with Gasteiger partial charge in [-0.3, -0.25) is 4.79 Å². The van der Waals surface area contributed by atoms with Gasteiger partial charge in [-0.25, -0.2) is 19.9 Å². The number of piperazine rings is 1. The number of carbonyl (C=O) groups is 1. The molecule has 1 unspecified atom stereocenters. The first-order valence-corrected chi connectivity index (χ1v) is 11.2.